The van der Waals surface area contributed by atoms with Crippen molar-refractivity contribution in [2.45, 2.75) is 13.8 Å². The van der Waals surface area contributed by atoms with E-state index in [4.69, 9.17) is 8.83 Å². The molecule has 0 saturated heterocycles. The number of hydrogen-bond donors (Lipinski definition) is 0. The van der Waals surface area contributed by atoms with Gasteiger partial charge in [0.15, 0.2) is 0 Å². The van der Waals surface area contributed by atoms with Gasteiger partial charge in [-0.05, 0) is 117 Å². The van der Waals surface area contributed by atoms with Gasteiger partial charge in [0.1, 0.15) is 22.3 Å². The van der Waals surface area contributed by atoms with Crippen LogP contribution in [0.4, 0.5) is 0 Å². The molecule has 0 amide bonds. The molecule has 0 saturated carbocycles. The number of aromatic nitrogens is 3. The zero-order valence-electron chi connectivity index (χ0n) is 36.9. The van der Waals surface area contributed by atoms with Crippen molar-refractivity contribution < 1.29 is 8.83 Å². The van der Waals surface area contributed by atoms with E-state index >= 15 is 0 Å². The van der Waals surface area contributed by atoms with Crippen LogP contribution in [0.1, 0.15) is 11.1 Å². The third kappa shape index (κ3) is 5.61. The molecule has 0 aliphatic heterocycles. The van der Waals surface area contributed by atoms with Crippen molar-refractivity contribution in [2.75, 3.05) is 0 Å². The van der Waals surface area contributed by atoms with E-state index in [2.05, 4.69) is 240 Å². The first-order chi connectivity index (χ1) is 33.1. The van der Waals surface area contributed by atoms with Crippen LogP contribution < -0.4 is 0 Å². The lowest BCUT2D eigenvalue weighted by Crippen LogP contribution is -1.95. The maximum Gasteiger partial charge on any atom is 0.137 e. The molecule has 5 heterocycles. The number of hydrogen-bond acceptors (Lipinski definition) is 2. The molecule has 0 unspecified atom stereocenters. The summed E-state index contributed by atoms with van der Waals surface area (Å²) in [5.74, 6) is 0. The average Bonchev–Trinajstić information content (AvgIpc) is 4.18. The number of para-hydroxylation sites is 5. The Kier molecular flexibility index (Phi) is 8.05. The van der Waals surface area contributed by atoms with Gasteiger partial charge in [-0.15, -0.1) is 0 Å². The van der Waals surface area contributed by atoms with E-state index in [0.717, 1.165) is 44.5 Å². The van der Waals surface area contributed by atoms with Crippen molar-refractivity contribution in [1.82, 2.24) is 13.7 Å². The van der Waals surface area contributed by atoms with Crippen molar-refractivity contribution >= 4 is 109 Å². The number of aryl methyl sites for hydroxylation is 2. The molecule has 0 spiro atoms. The Balaban J connectivity index is 0.000000137. The molecule has 0 atom stereocenters. The first-order valence-electron chi connectivity index (χ1n) is 22.9. The molecule has 5 heteroatoms. The molecule has 0 bridgehead atoms. The van der Waals surface area contributed by atoms with Crippen LogP contribution in [-0.2, 0) is 0 Å². The van der Waals surface area contributed by atoms with Crippen molar-refractivity contribution in [3.05, 3.63) is 223 Å². The monoisotopic (exact) mass is 859 g/mol. The van der Waals surface area contributed by atoms with Gasteiger partial charge < -0.3 is 22.5 Å². The molecule has 15 aromatic rings. The van der Waals surface area contributed by atoms with Crippen LogP contribution in [-0.4, -0.2) is 13.7 Å². The van der Waals surface area contributed by atoms with Gasteiger partial charge in [-0.1, -0.05) is 120 Å². The molecule has 5 aromatic heterocycles. The van der Waals surface area contributed by atoms with Gasteiger partial charge in [0, 0.05) is 59.9 Å². The summed E-state index contributed by atoms with van der Waals surface area (Å²) in [6.07, 6.45) is 0. The van der Waals surface area contributed by atoms with Crippen molar-refractivity contribution in [1.29, 1.82) is 0 Å². The molecular formula is C62H41N3O2. The number of rotatable bonds is 3. The van der Waals surface area contributed by atoms with Crippen molar-refractivity contribution in [2.24, 2.45) is 0 Å². The zero-order valence-corrected chi connectivity index (χ0v) is 36.9. The summed E-state index contributed by atoms with van der Waals surface area (Å²) in [6, 6.07) is 75.8. The van der Waals surface area contributed by atoms with E-state index in [9.17, 15) is 0 Å². The minimum atomic E-state index is 0.916. The average molecular weight is 860 g/mol. The Bertz CT molecular complexity index is 4390. The largest absolute Gasteiger partial charge is 0.456 e. The van der Waals surface area contributed by atoms with E-state index < -0.39 is 0 Å². The highest BCUT2D eigenvalue weighted by atomic mass is 16.3. The topological polar surface area (TPSA) is 41.1 Å². The van der Waals surface area contributed by atoms with Gasteiger partial charge in [-0.2, -0.15) is 0 Å². The summed E-state index contributed by atoms with van der Waals surface area (Å²) in [5, 5.41) is 12.2. The Morgan fingerprint density at radius 1 is 0.269 bits per heavy atom. The number of benzene rings is 10. The van der Waals surface area contributed by atoms with E-state index in [1.54, 1.807) is 0 Å². The lowest BCUT2D eigenvalue weighted by molar-refractivity contribution is 0.668. The molecule has 10 aromatic carbocycles. The number of fused-ring (bicyclic) bond motifs is 15. The van der Waals surface area contributed by atoms with E-state index in [1.165, 1.54) is 93.0 Å². The summed E-state index contributed by atoms with van der Waals surface area (Å²) >= 11 is 0. The van der Waals surface area contributed by atoms with Gasteiger partial charge in [0.2, 0.25) is 0 Å². The van der Waals surface area contributed by atoms with Crippen molar-refractivity contribution in [3.8, 4) is 17.1 Å². The summed E-state index contributed by atoms with van der Waals surface area (Å²) in [7, 11) is 0. The third-order valence-corrected chi connectivity index (χ3v) is 13.8. The van der Waals surface area contributed by atoms with Crippen LogP contribution >= 0.6 is 0 Å². The molecule has 5 nitrogen and oxygen atoms in total. The fourth-order valence-electron chi connectivity index (χ4n) is 10.9. The highest BCUT2D eigenvalue weighted by molar-refractivity contribution is 6.15. The highest BCUT2D eigenvalue weighted by Gasteiger charge is 2.19. The second kappa shape index (κ2) is 14.4. The first-order valence-corrected chi connectivity index (χ1v) is 22.9. The van der Waals surface area contributed by atoms with Crippen LogP contribution in [0.2, 0.25) is 0 Å². The normalized spacial score (nSPS) is 12.0. The smallest absolute Gasteiger partial charge is 0.137 e. The zero-order chi connectivity index (χ0) is 44.3. The van der Waals surface area contributed by atoms with Gasteiger partial charge in [-0.3, -0.25) is 0 Å². The summed E-state index contributed by atoms with van der Waals surface area (Å²) < 4.78 is 19.5. The van der Waals surface area contributed by atoms with Crippen molar-refractivity contribution in [3.63, 3.8) is 0 Å². The Hall–Kier alpha value is -8.80. The van der Waals surface area contributed by atoms with Crippen LogP contribution in [0.25, 0.3) is 126 Å². The summed E-state index contributed by atoms with van der Waals surface area (Å²) in [4.78, 5) is 0. The fourth-order valence-corrected chi connectivity index (χ4v) is 10.9. The standard InChI is InChI=1S/C37H24N2O.C25H17NO/c1-23-14-18-36-30(20-23)31-22-25(16-19-37(31)40-36)39-34-13-7-4-10-28(34)29-21-24(15-17-35(29)39)38-32-11-5-2-8-26(32)27-9-3-6-12-33(27)38;1-16-13-14-23-19(15-16)25-22(11-6-12-24(25)27-23)26-20-9-4-2-7-17(20)18-8-3-5-10-21(18)26/h2-22H,1H3;2-15H,1H3. The second-order valence-corrected chi connectivity index (χ2v) is 17.8. The van der Waals surface area contributed by atoms with Gasteiger partial charge in [0.25, 0.3) is 0 Å². The molecular weight excluding hydrogens is 819 g/mol. The minimum Gasteiger partial charge on any atom is -0.456 e. The van der Waals surface area contributed by atoms with Crippen LogP contribution in [0.15, 0.2) is 221 Å². The predicted molar refractivity (Wildman–Crippen MR) is 280 cm³/mol. The Morgan fingerprint density at radius 3 is 1.21 bits per heavy atom. The maximum atomic E-state index is 6.17. The minimum absolute atomic E-state index is 0.916. The van der Waals surface area contributed by atoms with E-state index in [1.807, 2.05) is 0 Å². The Morgan fingerprint density at radius 2 is 0.657 bits per heavy atom. The molecule has 0 radical (unpaired) electrons. The number of furan rings is 2. The fraction of sp³-hybridized carbons (Fsp3) is 0.0323. The molecule has 15 rings (SSSR count). The molecule has 316 valence electrons. The van der Waals surface area contributed by atoms with Gasteiger partial charge in [0.05, 0.1) is 44.2 Å². The predicted octanol–water partition coefficient (Wildman–Crippen LogP) is 17.1. The highest BCUT2D eigenvalue weighted by Crippen LogP contribution is 2.41. The lowest BCUT2D eigenvalue weighted by Gasteiger charge is -2.10. The maximum absolute atomic E-state index is 6.17. The van der Waals surface area contributed by atoms with Gasteiger partial charge in [-0.25, -0.2) is 0 Å². The van der Waals surface area contributed by atoms with E-state index in [-0.39, 0.29) is 0 Å². The molecule has 0 N–H and O–H groups in total. The molecule has 0 fully saturated rings. The summed E-state index contributed by atoms with van der Waals surface area (Å²) in [6.45, 7) is 4.26. The second-order valence-electron chi connectivity index (χ2n) is 17.8. The quantitative estimate of drug-likeness (QED) is 0.178. The molecule has 0 aliphatic carbocycles. The SMILES string of the molecule is Cc1ccc2oc3ccc(-n4c5ccccc5c5cc(-n6c7ccccc7c7ccccc76)ccc54)cc3c2c1.Cc1ccc2oc3cccc(-n4c5ccccc5c5ccccc54)c3c2c1. The molecule has 0 aliphatic rings. The summed E-state index contributed by atoms with van der Waals surface area (Å²) in [5.41, 5.74) is 16.9. The Labute approximate surface area is 384 Å². The first kappa shape index (κ1) is 37.6. The van der Waals surface area contributed by atoms with Crippen LogP contribution in [0, 0.1) is 13.8 Å². The number of nitrogens with zero attached hydrogens (tertiary/aromatic N) is 3. The lowest BCUT2D eigenvalue weighted by atomic mass is 10.1. The van der Waals surface area contributed by atoms with Gasteiger partial charge >= 0.3 is 0 Å². The molecule has 67 heavy (non-hydrogen) atoms. The van der Waals surface area contributed by atoms with Crippen LogP contribution in [0.3, 0.4) is 0 Å². The third-order valence-electron chi connectivity index (χ3n) is 13.8. The van der Waals surface area contributed by atoms with Crippen LogP contribution in [0.5, 0.6) is 0 Å². The van der Waals surface area contributed by atoms with E-state index in [0.29, 0.717) is 0 Å².